The molecule has 3 heterocycles. The molecule has 3 rings (SSSR count). The van der Waals surface area contributed by atoms with Crippen LogP contribution in [0, 0.1) is 5.92 Å². The van der Waals surface area contributed by atoms with E-state index in [-0.39, 0.29) is 23.6 Å². The zero-order chi connectivity index (χ0) is 14.1. The first-order chi connectivity index (χ1) is 9.65. The van der Waals surface area contributed by atoms with Gasteiger partial charge in [0.25, 0.3) is 5.91 Å². The van der Waals surface area contributed by atoms with E-state index < -0.39 is 0 Å². The van der Waals surface area contributed by atoms with Crippen molar-refractivity contribution in [3.05, 3.63) is 30.2 Å². The lowest BCUT2D eigenvalue weighted by Crippen LogP contribution is -2.45. The highest BCUT2D eigenvalue weighted by Crippen LogP contribution is 2.23. The number of carbonyl (C=O) groups is 1. The van der Waals surface area contributed by atoms with Gasteiger partial charge in [-0.15, -0.1) is 0 Å². The van der Waals surface area contributed by atoms with Crippen LogP contribution in [0.5, 0.6) is 0 Å². The highest BCUT2D eigenvalue weighted by Gasteiger charge is 2.29. The van der Waals surface area contributed by atoms with Gasteiger partial charge >= 0.3 is 0 Å². The van der Waals surface area contributed by atoms with Crippen LogP contribution in [-0.4, -0.2) is 40.3 Å². The summed E-state index contributed by atoms with van der Waals surface area (Å²) >= 11 is 0. The number of carbonyl (C=O) groups excluding carboxylic acids is 1. The molecule has 1 aliphatic heterocycles. The van der Waals surface area contributed by atoms with Crippen LogP contribution < -0.4 is 0 Å². The summed E-state index contributed by atoms with van der Waals surface area (Å²) in [6.45, 7) is 3.00. The molecule has 0 radical (unpaired) electrons. The van der Waals surface area contributed by atoms with E-state index in [1.54, 1.807) is 23.1 Å². The topological polar surface area (TPSA) is 79.7 Å². The molecule has 0 aromatic carbocycles. The molecule has 6 heteroatoms. The summed E-state index contributed by atoms with van der Waals surface area (Å²) in [6, 6.07) is 5.07. The Balaban J connectivity index is 1.75. The SMILES string of the molecule is CC1CN(C(=O)c2cc(-c3ccco3)on2)CCC1O. The molecule has 0 saturated carbocycles. The van der Waals surface area contributed by atoms with Crippen molar-refractivity contribution in [3.63, 3.8) is 0 Å². The van der Waals surface area contributed by atoms with Gasteiger partial charge in [-0.05, 0) is 24.5 Å². The molecule has 20 heavy (non-hydrogen) atoms. The number of hydrogen-bond donors (Lipinski definition) is 1. The Hall–Kier alpha value is -2.08. The maximum Gasteiger partial charge on any atom is 0.276 e. The lowest BCUT2D eigenvalue weighted by Gasteiger charge is -2.33. The van der Waals surface area contributed by atoms with Crippen LogP contribution >= 0.6 is 0 Å². The van der Waals surface area contributed by atoms with Crippen molar-refractivity contribution in [1.29, 1.82) is 0 Å². The highest BCUT2D eigenvalue weighted by atomic mass is 16.5. The van der Waals surface area contributed by atoms with Gasteiger partial charge in [0.2, 0.25) is 5.76 Å². The van der Waals surface area contributed by atoms with Crippen molar-refractivity contribution in [3.8, 4) is 11.5 Å². The molecule has 2 aromatic heterocycles. The normalized spacial score (nSPS) is 23.0. The summed E-state index contributed by atoms with van der Waals surface area (Å²) in [5, 5.41) is 13.5. The molecular weight excluding hydrogens is 260 g/mol. The number of amides is 1. The fraction of sp³-hybridized carbons (Fsp3) is 0.429. The maximum atomic E-state index is 12.3. The number of rotatable bonds is 2. The Labute approximate surface area is 116 Å². The number of furan rings is 1. The molecule has 0 aliphatic carbocycles. The number of aliphatic hydroxyl groups excluding tert-OH is 1. The van der Waals surface area contributed by atoms with Crippen molar-refractivity contribution in [2.45, 2.75) is 19.4 Å². The third-order valence-corrected chi connectivity index (χ3v) is 3.64. The van der Waals surface area contributed by atoms with Crippen LogP contribution in [0.15, 0.2) is 33.4 Å². The Kier molecular flexibility index (Phi) is 3.31. The summed E-state index contributed by atoms with van der Waals surface area (Å²) in [7, 11) is 0. The minimum absolute atomic E-state index is 0.0733. The van der Waals surface area contributed by atoms with Gasteiger partial charge in [-0.25, -0.2) is 0 Å². The Morgan fingerprint density at radius 3 is 3.05 bits per heavy atom. The Bertz CT molecular complexity index is 590. The van der Waals surface area contributed by atoms with Crippen molar-refractivity contribution in [1.82, 2.24) is 10.1 Å². The molecule has 1 fully saturated rings. The first-order valence-corrected chi connectivity index (χ1v) is 6.63. The molecule has 106 valence electrons. The van der Waals surface area contributed by atoms with Crippen LogP contribution in [-0.2, 0) is 0 Å². The molecule has 2 aromatic rings. The first kappa shape index (κ1) is 12.9. The molecule has 6 nitrogen and oxygen atoms in total. The van der Waals surface area contributed by atoms with E-state index in [9.17, 15) is 9.90 Å². The third-order valence-electron chi connectivity index (χ3n) is 3.64. The minimum atomic E-state index is -0.338. The number of aliphatic hydroxyl groups is 1. The second-order valence-electron chi connectivity index (χ2n) is 5.14. The second kappa shape index (κ2) is 5.13. The number of nitrogens with zero attached hydrogens (tertiary/aromatic N) is 2. The van der Waals surface area contributed by atoms with Gasteiger partial charge in [0.1, 0.15) is 0 Å². The maximum absolute atomic E-state index is 12.3. The van der Waals surface area contributed by atoms with E-state index in [1.165, 1.54) is 6.26 Å². The van der Waals surface area contributed by atoms with Crippen LogP contribution in [0.3, 0.4) is 0 Å². The largest absolute Gasteiger partial charge is 0.461 e. The van der Waals surface area contributed by atoms with Crippen LogP contribution in [0.25, 0.3) is 11.5 Å². The summed E-state index contributed by atoms with van der Waals surface area (Å²) < 4.78 is 10.3. The molecule has 0 bridgehead atoms. The summed E-state index contributed by atoms with van der Waals surface area (Å²) in [5.74, 6) is 0.872. The number of hydrogen-bond acceptors (Lipinski definition) is 5. The van der Waals surface area contributed by atoms with Crippen molar-refractivity contribution < 1.29 is 18.8 Å². The zero-order valence-corrected chi connectivity index (χ0v) is 11.2. The second-order valence-corrected chi connectivity index (χ2v) is 5.14. The van der Waals surface area contributed by atoms with Crippen molar-refractivity contribution >= 4 is 5.91 Å². The van der Waals surface area contributed by atoms with E-state index >= 15 is 0 Å². The van der Waals surface area contributed by atoms with Gasteiger partial charge in [0.05, 0.1) is 12.4 Å². The van der Waals surface area contributed by atoms with Gasteiger partial charge in [-0.3, -0.25) is 4.79 Å². The zero-order valence-electron chi connectivity index (χ0n) is 11.2. The molecule has 0 spiro atoms. The Morgan fingerprint density at radius 2 is 2.35 bits per heavy atom. The van der Waals surface area contributed by atoms with Crippen LogP contribution in [0.1, 0.15) is 23.8 Å². The van der Waals surface area contributed by atoms with Crippen LogP contribution in [0.4, 0.5) is 0 Å². The molecular formula is C14H16N2O4. The average molecular weight is 276 g/mol. The van der Waals surface area contributed by atoms with E-state index in [1.807, 2.05) is 6.92 Å². The van der Waals surface area contributed by atoms with Gasteiger partial charge in [0, 0.05) is 19.2 Å². The standard InChI is InChI=1S/C14H16N2O4/c1-9-8-16(5-4-11(9)17)14(18)10-7-13(20-15-10)12-3-2-6-19-12/h2-3,6-7,9,11,17H,4-5,8H2,1H3. The molecule has 1 aliphatic rings. The molecule has 2 atom stereocenters. The lowest BCUT2D eigenvalue weighted by atomic mass is 9.96. The number of aromatic nitrogens is 1. The first-order valence-electron chi connectivity index (χ1n) is 6.63. The number of piperidine rings is 1. The predicted octanol–water partition coefficient (Wildman–Crippen LogP) is 1.78. The van der Waals surface area contributed by atoms with E-state index in [0.29, 0.717) is 31.0 Å². The average Bonchev–Trinajstić information content (AvgIpc) is 3.11. The molecule has 2 unspecified atom stereocenters. The van der Waals surface area contributed by atoms with Gasteiger partial charge in [-0.1, -0.05) is 12.1 Å². The van der Waals surface area contributed by atoms with Crippen LogP contribution in [0.2, 0.25) is 0 Å². The Morgan fingerprint density at radius 1 is 1.50 bits per heavy atom. The molecule has 1 saturated heterocycles. The van der Waals surface area contributed by atoms with Gasteiger partial charge in [-0.2, -0.15) is 0 Å². The fourth-order valence-electron chi connectivity index (χ4n) is 2.39. The van der Waals surface area contributed by atoms with E-state index in [0.717, 1.165) is 0 Å². The summed E-state index contributed by atoms with van der Waals surface area (Å²) in [5.41, 5.74) is 0.264. The van der Waals surface area contributed by atoms with E-state index in [4.69, 9.17) is 8.94 Å². The number of likely N-dealkylation sites (tertiary alicyclic amines) is 1. The summed E-state index contributed by atoms with van der Waals surface area (Å²) in [4.78, 5) is 14.0. The van der Waals surface area contributed by atoms with E-state index in [2.05, 4.69) is 5.16 Å². The molecule has 1 N–H and O–H groups in total. The third kappa shape index (κ3) is 2.34. The highest BCUT2D eigenvalue weighted by molar-refractivity contribution is 5.93. The predicted molar refractivity (Wildman–Crippen MR) is 69.9 cm³/mol. The smallest absolute Gasteiger partial charge is 0.276 e. The quantitative estimate of drug-likeness (QED) is 0.904. The summed E-state index contributed by atoms with van der Waals surface area (Å²) in [6.07, 6.45) is 1.79. The van der Waals surface area contributed by atoms with Crippen molar-refractivity contribution in [2.24, 2.45) is 5.92 Å². The molecule has 1 amide bonds. The van der Waals surface area contributed by atoms with Crippen molar-refractivity contribution in [2.75, 3.05) is 13.1 Å². The fourth-order valence-corrected chi connectivity index (χ4v) is 2.39. The van der Waals surface area contributed by atoms with Gasteiger partial charge < -0.3 is 18.9 Å². The lowest BCUT2D eigenvalue weighted by molar-refractivity contribution is 0.0292. The van der Waals surface area contributed by atoms with Gasteiger partial charge in [0.15, 0.2) is 11.5 Å². The monoisotopic (exact) mass is 276 g/mol. The minimum Gasteiger partial charge on any atom is -0.461 e.